The highest BCUT2D eigenvalue weighted by atomic mass is 32.2. The van der Waals surface area contributed by atoms with E-state index in [1.54, 1.807) is 16.0 Å². The molecule has 1 atom stereocenters. The van der Waals surface area contributed by atoms with Crippen molar-refractivity contribution >= 4 is 33.3 Å². The molecule has 0 amide bonds. The minimum Gasteiger partial charge on any atom is -0.376 e. The fourth-order valence-electron chi connectivity index (χ4n) is 4.66. The van der Waals surface area contributed by atoms with Gasteiger partial charge in [-0.25, -0.2) is 4.98 Å². The third kappa shape index (κ3) is 4.18. The quantitative estimate of drug-likeness (QED) is 0.277. The van der Waals surface area contributed by atoms with Crippen molar-refractivity contribution in [2.45, 2.75) is 70.5 Å². The first kappa shape index (κ1) is 23.2. The number of aryl methyl sites for hydroxylation is 4. The zero-order valence-corrected chi connectivity index (χ0v) is 21.5. The Balaban J connectivity index is 1.53. The highest BCUT2D eigenvalue weighted by Gasteiger charge is 2.23. The molecule has 10 heteroatoms. The van der Waals surface area contributed by atoms with Gasteiger partial charge in [0.15, 0.2) is 11.0 Å². The molecule has 1 fully saturated rings. The minimum absolute atomic E-state index is 0.0264. The third-order valence-electron chi connectivity index (χ3n) is 6.36. The van der Waals surface area contributed by atoms with Crippen LogP contribution in [0.1, 0.15) is 47.2 Å². The second-order valence-corrected chi connectivity index (χ2v) is 10.8. The summed E-state index contributed by atoms with van der Waals surface area (Å²) in [6, 6.07) is 6.14. The molecule has 8 nitrogen and oxygen atoms in total. The van der Waals surface area contributed by atoms with E-state index in [9.17, 15) is 4.79 Å². The SMILES string of the molecule is CCc1c(C)sc2nc(SCc3nnnn3-c3c(C)cccc3C)n(CC3CCCO3)c(=O)c12. The van der Waals surface area contributed by atoms with Crippen LogP contribution in [0.25, 0.3) is 15.9 Å². The van der Waals surface area contributed by atoms with Crippen molar-refractivity contribution < 1.29 is 4.74 Å². The number of para-hydroxylation sites is 1. The molecule has 0 radical (unpaired) electrons. The maximum absolute atomic E-state index is 13.7. The van der Waals surface area contributed by atoms with Gasteiger partial charge in [-0.1, -0.05) is 36.9 Å². The van der Waals surface area contributed by atoms with Crippen LogP contribution in [0, 0.1) is 20.8 Å². The summed E-state index contributed by atoms with van der Waals surface area (Å²) >= 11 is 3.10. The molecule has 5 rings (SSSR count). The number of aromatic nitrogens is 6. The number of benzene rings is 1. The summed E-state index contributed by atoms with van der Waals surface area (Å²) in [7, 11) is 0. The van der Waals surface area contributed by atoms with E-state index in [0.29, 0.717) is 17.5 Å². The predicted molar refractivity (Wildman–Crippen MR) is 135 cm³/mol. The molecule has 3 aromatic heterocycles. The topological polar surface area (TPSA) is 87.7 Å². The third-order valence-corrected chi connectivity index (χ3v) is 8.37. The molecule has 178 valence electrons. The van der Waals surface area contributed by atoms with E-state index >= 15 is 0 Å². The van der Waals surface area contributed by atoms with Gasteiger partial charge in [-0.3, -0.25) is 9.36 Å². The number of rotatable bonds is 7. The summed E-state index contributed by atoms with van der Waals surface area (Å²) in [4.78, 5) is 20.6. The van der Waals surface area contributed by atoms with E-state index in [1.807, 2.05) is 10.6 Å². The van der Waals surface area contributed by atoms with Gasteiger partial charge >= 0.3 is 0 Å². The van der Waals surface area contributed by atoms with E-state index in [1.165, 1.54) is 11.8 Å². The number of hydrogen-bond donors (Lipinski definition) is 0. The highest BCUT2D eigenvalue weighted by molar-refractivity contribution is 7.98. The van der Waals surface area contributed by atoms with Crippen molar-refractivity contribution in [3.63, 3.8) is 0 Å². The highest BCUT2D eigenvalue weighted by Crippen LogP contribution is 2.31. The molecule has 0 spiro atoms. The van der Waals surface area contributed by atoms with Crippen LogP contribution in [0.4, 0.5) is 0 Å². The molecule has 1 saturated heterocycles. The Kier molecular flexibility index (Phi) is 6.54. The number of thiophene rings is 1. The summed E-state index contributed by atoms with van der Waals surface area (Å²) in [5, 5.41) is 13.9. The summed E-state index contributed by atoms with van der Waals surface area (Å²) in [5.74, 6) is 1.21. The average molecular weight is 497 g/mol. The number of ether oxygens (including phenoxy) is 1. The molecule has 0 aliphatic carbocycles. The molecule has 34 heavy (non-hydrogen) atoms. The number of fused-ring (bicyclic) bond motifs is 1. The van der Waals surface area contributed by atoms with Gasteiger partial charge in [0.25, 0.3) is 5.56 Å². The summed E-state index contributed by atoms with van der Waals surface area (Å²) in [6.45, 7) is 9.54. The molecule has 1 aliphatic heterocycles. The average Bonchev–Trinajstić information content (AvgIpc) is 3.55. The molecule has 0 bridgehead atoms. The molecular weight excluding hydrogens is 468 g/mol. The molecule has 1 unspecified atom stereocenters. The Labute approximate surface area is 206 Å². The molecule has 4 heterocycles. The minimum atomic E-state index is 0.0264. The first-order chi connectivity index (χ1) is 16.5. The lowest BCUT2D eigenvalue weighted by Gasteiger charge is -2.16. The van der Waals surface area contributed by atoms with Crippen molar-refractivity contribution in [3.05, 3.63) is 55.9 Å². The summed E-state index contributed by atoms with van der Waals surface area (Å²) in [5.41, 5.74) is 4.33. The summed E-state index contributed by atoms with van der Waals surface area (Å²) < 4.78 is 9.47. The van der Waals surface area contributed by atoms with Gasteiger partial charge in [-0.05, 0) is 67.2 Å². The molecule has 0 saturated carbocycles. The lowest BCUT2D eigenvalue weighted by Crippen LogP contribution is -2.29. The van der Waals surface area contributed by atoms with Gasteiger partial charge in [-0.15, -0.1) is 16.4 Å². The van der Waals surface area contributed by atoms with Crippen molar-refractivity contribution in [1.82, 2.24) is 29.8 Å². The normalized spacial score (nSPS) is 16.1. The van der Waals surface area contributed by atoms with Gasteiger partial charge in [0.05, 0.1) is 29.5 Å². The monoisotopic (exact) mass is 496 g/mol. The zero-order chi connectivity index (χ0) is 23.8. The van der Waals surface area contributed by atoms with E-state index in [0.717, 1.165) is 69.2 Å². The predicted octanol–water partition coefficient (Wildman–Crippen LogP) is 4.39. The molecular formula is C24H28N6O2S2. The van der Waals surface area contributed by atoms with E-state index in [-0.39, 0.29) is 11.7 Å². The lowest BCUT2D eigenvalue weighted by atomic mass is 10.1. The number of tetrazole rings is 1. The smallest absolute Gasteiger partial charge is 0.263 e. The van der Waals surface area contributed by atoms with Crippen molar-refractivity contribution in [2.24, 2.45) is 0 Å². The maximum Gasteiger partial charge on any atom is 0.263 e. The second kappa shape index (κ2) is 9.59. The Bertz CT molecular complexity index is 1380. The van der Waals surface area contributed by atoms with Crippen molar-refractivity contribution in [3.8, 4) is 5.69 Å². The van der Waals surface area contributed by atoms with Crippen LogP contribution in [-0.2, 0) is 23.5 Å². The van der Waals surface area contributed by atoms with Crippen molar-refractivity contribution in [2.75, 3.05) is 6.61 Å². The number of hydrogen-bond acceptors (Lipinski definition) is 8. The maximum atomic E-state index is 13.7. The molecule has 4 aromatic rings. The van der Waals surface area contributed by atoms with E-state index < -0.39 is 0 Å². The van der Waals surface area contributed by atoms with Gasteiger partial charge in [0.2, 0.25) is 0 Å². The van der Waals surface area contributed by atoms with Crippen molar-refractivity contribution in [1.29, 1.82) is 0 Å². The van der Waals surface area contributed by atoms with Crippen LogP contribution in [0.2, 0.25) is 0 Å². The van der Waals surface area contributed by atoms with Crippen LogP contribution < -0.4 is 5.56 Å². The van der Waals surface area contributed by atoms with Gasteiger partial charge in [-0.2, -0.15) is 4.68 Å². The second-order valence-electron chi connectivity index (χ2n) is 8.65. The standard InChI is InChI=1S/C24H28N6O2S2/c1-5-18-16(4)34-22-20(18)23(31)29(12-17-10-7-11-32-17)24(25-22)33-13-19-26-27-28-30(19)21-14(2)8-6-9-15(21)3/h6,8-9,17H,5,7,10-13H2,1-4H3. The Morgan fingerprint density at radius 2 is 2.03 bits per heavy atom. The van der Waals surface area contributed by atoms with Gasteiger partial charge < -0.3 is 4.74 Å². The molecule has 0 N–H and O–H groups in total. The Morgan fingerprint density at radius 1 is 1.24 bits per heavy atom. The zero-order valence-electron chi connectivity index (χ0n) is 19.9. The molecule has 1 aliphatic rings. The molecule has 1 aromatic carbocycles. The van der Waals surface area contributed by atoms with Crippen LogP contribution in [0.3, 0.4) is 0 Å². The largest absolute Gasteiger partial charge is 0.376 e. The van der Waals surface area contributed by atoms with Crippen LogP contribution >= 0.6 is 23.1 Å². The van der Waals surface area contributed by atoms with E-state index in [4.69, 9.17) is 9.72 Å². The first-order valence-electron chi connectivity index (χ1n) is 11.6. The van der Waals surface area contributed by atoms with E-state index in [2.05, 4.69) is 55.4 Å². The Morgan fingerprint density at radius 3 is 2.74 bits per heavy atom. The van der Waals surface area contributed by atoms with Crippen LogP contribution in [-0.4, -0.2) is 42.5 Å². The number of nitrogens with zero attached hydrogens (tertiary/aromatic N) is 6. The number of thioether (sulfide) groups is 1. The van der Waals surface area contributed by atoms with Gasteiger partial charge in [0.1, 0.15) is 4.83 Å². The lowest BCUT2D eigenvalue weighted by molar-refractivity contribution is 0.0937. The summed E-state index contributed by atoms with van der Waals surface area (Å²) in [6.07, 6.45) is 2.85. The first-order valence-corrected chi connectivity index (χ1v) is 13.4. The van der Waals surface area contributed by atoms with Crippen LogP contribution in [0.5, 0.6) is 0 Å². The van der Waals surface area contributed by atoms with Crippen LogP contribution in [0.15, 0.2) is 28.2 Å². The fourth-order valence-corrected chi connectivity index (χ4v) is 6.73. The van der Waals surface area contributed by atoms with Gasteiger partial charge in [0, 0.05) is 11.5 Å². The Hall–Kier alpha value is -2.56. The fraction of sp³-hybridized carbons (Fsp3) is 0.458.